The van der Waals surface area contributed by atoms with Crippen LogP contribution >= 0.6 is 0 Å². The summed E-state index contributed by atoms with van der Waals surface area (Å²) < 4.78 is 7.67. The molecule has 1 fully saturated rings. The minimum absolute atomic E-state index is 0.147. The third-order valence-electron chi connectivity index (χ3n) is 6.69. The third kappa shape index (κ3) is 3.38. The minimum Gasteiger partial charge on any atom is -0.385 e. The Morgan fingerprint density at radius 2 is 1.72 bits per heavy atom. The van der Waals surface area contributed by atoms with E-state index in [9.17, 15) is 5.11 Å². The molecular formula is C25H25N5O2. The highest BCUT2D eigenvalue weighted by Crippen LogP contribution is 2.35. The Morgan fingerprint density at radius 1 is 0.938 bits per heavy atom. The highest BCUT2D eigenvalue weighted by atomic mass is 16.5. The molecule has 2 aliphatic heterocycles. The summed E-state index contributed by atoms with van der Waals surface area (Å²) in [5.41, 5.74) is 4.74. The number of pyridine rings is 1. The molecule has 5 heterocycles. The highest BCUT2D eigenvalue weighted by molar-refractivity contribution is 5.76. The number of rotatable bonds is 4. The van der Waals surface area contributed by atoms with E-state index in [-0.39, 0.29) is 12.0 Å². The second-order valence-electron chi connectivity index (χ2n) is 8.63. The van der Waals surface area contributed by atoms with Crippen LogP contribution in [0.15, 0.2) is 54.9 Å². The zero-order valence-electron chi connectivity index (χ0n) is 17.8. The molecule has 2 aliphatic rings. The smallest absolute Gasteiger partial charge is 0.161 e. The van der Waals surface area contributed by atoms with Crippen LogP contribution in [0.2, 0.25) is 0 Å². The van der Waals surface area contributed by atoms with E-state index in [0.29, 0.717) is 19.0 Å². The molecule has 162 valence electrons. The number of hydrogen-bond donors (Lipinski definition) is 1. The molecule has 1 saturated heterocycles. The van der Waals surface area contributed by atoms with Crippen molar-refractivity contribution in [3.05, 3.63) is 72.1 Å². The van der Waals surface area contributed by atoms with Crippen molar-refractivity contribution in [1.29, 1.82) is 0 Å². The molecule has 32 heavy (non-hydrogen) atoms. The van der Waals surface area contributed by atoms with E-state index in [4.69, 9.17) is 14.7 Å². The first-order chi connectivity index (χ1) is 15.8. The largest absolute Gasteiger partial charge is 0.385 e. The maximum atomic E-state index is 10.7. The van der Waals surface area contributed by atoms with E-state index < -0.39 is 6.10 Å². The van der Waals surface area contributed by atoms with E-state index in [1.54, 1.807) is 12.4 Å². The molecule has 3 aromatic heterocycles. The van der Waals surface area contributed by atoms with Crippen LogP contribution in [0.4, 0.5) is 0 Å². The molecule has 0 radical (unpaired) electrons. The number of aryl methyl sites for hydroxylation is 1. The molecule has 0 bridgehead atoms. The van der Waals surface area contributed by atoms with Gasteiger partial charge in [-0.3, -0.25) is 0 Å². The zero-order chi connectivity index (χ0) is 21.5. The van der Waals surface area contributed by atoms with Crippen molar-refractivity contribution in [2.75, 3.05) is 13.2 Å². The van der Waals surface area contributed by atoms with Crippen molar-refractivity contribution in [2.24, 2.45) is 5.92 Å². The maximum absolute atomic E-state index is 10.7. The Labute approximate surface area is 186 Å². The first-order valence-electron chi connectivity index (χ1n) is 11.3. The lowest BCUT2D eigenvalue weighted by atomic mass is 9.93. The lowest BCUT2D eigenvalue weighted by Crippen LogP contribution is -2.23. The molecule has 0 spiro atoms. The molecule has 0 saturated carbocycles. The molecule has 7 nitrogen and oxygen atoms in total. The Balaban J connectivity index is 1.32. The molecular weight excluding hydrogens is 402 g/mol. The van der Waals surface area contributed by atoms with Crippen LogP contribution in [0, 0.1) is 5.92 Å². The number of nitrogens with zero attached hydrogens (tertiary/aromatic N) is 5. The third-order valence-corrected chi connectivity index (χ3v) is 6.69. The lowest BCUT2D eigenvalue weighted by molar-refractivity contribution is 0.00380. The van der Waals surface area contributed by atoms with Crippen molar-refractivity contribution in [3.63, 3.8) is 0 Å². The fraction of sp³-hybridized carbons (Fsp3) is 0.360. The molecule has 6 rings (SSSR count). The zero-order valence-corrected chi connectivity index (χ0v) is 17.8. The van der Waals surface area contributed by atoms with E-state index in [1.165, 1.54) is 5.56 Å². The molecule has 2 atom stereocenters. The normalized spacial score (nSPS) is 19.8. The van der Waals surface area contributed by atoms with Gasteiger partial charge in [-0.25, -0.2) is 19.9 Å². The van der Waals surface area contributed by atoms with E-state index >= 15 is 0 Å². The summed E-state index contributed by atoms with van der Waals surface area (Å²) in [6, 6.07) is 14.8. The van der Waals surface area contributed by atoms with Gasteiger partial charge < -0.3 is 14.4 Å². The molecule has 0 aliphatic carbocycles. The predicted octanol–water partition coefficient (Wildman–Crippen LogP) is 3.88. The summed E-state index contributed by atoms with van der Waals surface area (Å²) in [7, 11) is 0. The Hall–Kier alpha value is -3.16. The lowest BCUT2D eigenvalue weighted by Gasteiger charge is -2.25. The topological polar surface area (TPSA) is 86.0 Å². The Morgan fingerprint density at radius 3 is 2.50 bits per heavy atom. The van der Waals surface area contributed by atoms with Crippen molar-refractivity contribution in [1.82, 2.24) is 24.5 Å². The SMILES string of the molecule is OC(c1ncc(-c2ccc3nc4n(c3n2)[C@@H](c2ccccc2)CC4)cn1)C1CCOCC1. The second kappa shape index (κ2) is 8.07. The summed E-state index contributed by atoms with van der Waals surface area (Å²) in [6.45, 7) is 1.37. The van der Waals surface area contributed by atoms with Gasteiger partial charge in [-0.2, -0.15) is 0 Å². The summed E-state index contributed by atoms with van der Waals surface area (Å²) in [4.78, 5) is 18.7. The number of aliphatic hydroxyl groups excluding tert-OH is 1. The van der Waals surface area contributed by atoms with Crippen LogP contribution in [0.3, 0.4) is 0 Å². The fourth-order valence-electron chi connectivity index (χ4n) is 4.94. The minimum atomic E-state index is -0.659. The van der Waals surface area contributed by atoms with E-state index in [1.807, 2.05) is 18.2 Å². The van der Waals surface area contributed by atoms with Gasteiger partial charge in [-0.15, -0.1) is 0 Å². The molecule has 4 aromatic rings. The summed E-state index contributed by atoms with van der Waals surface area (Å²) in [5.74, 6) is 1.70. The van der Waals surface area contributed by atoms with Crippen molar-refractivity contribution in [2.45, 2.75) is 37.8 Å². The molecule has 1 aromatic carbocycles. The number of aromatic nitrogens is 5. The molecule has 1 N–H and O–H groups in total. The first-order valence-corrected chi connectivity index (χ1v) is 11.3. The summed E-state index contributed by atoms with van der Waals surface area (Å²) >= 11 is 0. The van der Waals surface area contributed by atoms with Gasteiger partial charge in [-0.05, 0) is 42.9 Å². The second-order valence-corrected chi connectivity index (χ2v) is 8.63. The Bertz CT molecular complexity index is 1230. The summed E-state index contributed by atoms with van der Waals surface area (Å²) in [5, 5.41) is 10.7. The van der Waals surface area contributed by atoms with Crippen molar-refractivity contribution < 1.29 is 9.84 Å². The van der Waals surface area contributed by atoms with Crippen LogP contribution in [0.5, 0.6) is 0 Å². The average molecular weight is 428 g/mol. The quantitative estimate of drug-likeness (QED) is 0.532. The molecule has 1 unspecified atom stereocenters. The van der Waals surface area contributed by atoms with Crippen molar-refractivity contribution in [3.8, 4) is 11.3 Å². The number of benzene rings is 1. The fourth-order valence-corrected chi connectivity index (χ4v) is 4.94. The number of aliphatic hydroxyl groups is 1. The summed E-state index contributed by atoms with van der Waals surface area (Å²) in [6.07, 6.45) is 6.51. The monoisotopic (exact) mass is 427 g/mol. The van der Waals surface area contributed by atoms with Gasteiger partial charge in [0.1, 0.15) is 17.4 Å². The highest BCUT2D eigenvalue weighted by Gasteiger charge is 2.28. The maximum Gasteiger partial charge on any atom is 0.161 e. The number of imidazole rings is 1. The predicted molar refractivity (Wildman–Crippen MR) is 120 cm³/mol. The van der Waals surface area contributed by atoms with Crippen LogP contribution < -0.4 is 0 Å². The first kappa shape index (κ1) is 19.5. The number of hydrogen-bond acceptors (Lipinski definition) is 6. The van der Waals surface area contributed by atoms with Gasteiger partial charge in [0.25, 0.3) is 0 Å². The molecule has 0 amide bonds. The Kier molecular flexibility index (Phi) is 4.92. The van der Waals surface area contributed by atoms with Crippen LogP contribution in [0.25, 0.3) is 22.4 Å². The van der Waals surface area contributed by atoms with Gasteiger partial charge >= 0.3 is 0 Å². The number of ether oxygens (including phenoxy) is 1. The van der Waals surface area contributed by atoms with Gasteiger partial charge in [-0.1, -0.05) is 30.3 Å². The van der Waals surface area contributed by atoms with Crippen molar-refractivity contribution >= 4 is 11.2 Å². The standard InChI is InChI=1S/C25H25N5O2/c31-23(17-10-12-32-13-11-17)24-26-14-18(15-27-24)19-6-7-20-25(29-19)30-21(8-9-22(30)28-20)16-4-2-1-3-5-16/h1-7,14-15,17,21,23,31H,8-13H2/t21-,23?/m1/s1. The van der Waals surface area contributed by atoms with Gasteiger partial charge in [0.15, 0.2) is 11.5 Å². The van der Waals surface area contributed by atoms with Crippen LogP contribution in [0.1, 0.15) is 48.6 Å². The average Bonchev–Trinajstić information content (AvgIpc) is 3.44. The van der Waals surface area contributed by atoms with Gasteiger partial charge in [0.05, 0.1) is 11.7 Å². The van der Waals surface area contributed by atoms with E-state index in [2.05, 4.69) is 38.8 Å². The van der Waals surface area contributed by atoms with Gasteiger partial charge in [0, 0.05) is 37.6 Å². The van der Waals surface area contributed by atoms with Crippen LogP contribution in [-0.4, -0.2) is 42.8 Å². The number of fused-ring (bicyclic) bond motifs is 3. The molecule has 7 heteroatoms. The van der Waals surface area contributed by atoms with E-state index in [0.717, 1.165) is 53.9 Å². The van der Waals surface area contributed by atoms with Gasteiger partial charge in [0.2, 0.25) is 0 Å². The van der Waals surface area contributed by atoms with Crippen LogP contribution in [-0.2, 0) is 11.2 Å².